The maximum absolute atomic E-state index is 12.9. The Kier molecular flexibility index (Phi) is 2.60. The Morgan fingerprint density at radius 3 is 2.39 bits per heavy atom. The number of nitrogens with two attached hydrogens (primary N) is 2. The second-order valence-corrected chi connectivity index (χ2v) is 3.62. The number of nitrogens with zero attached hydrogens (tertiary/aromatic N) is 3. The molecule has 0 atom stereocenters. The number of nitrogens with one attached hydrogen (secondary N) is 1. The van der Waals surface area contributed by atoms with Gasteiger partial charge in [-0.15, -0.1) is 0 Å². The zero-order chi connectivity index (χ0) is 13.5. The topological polar surface area (TPSA) is 106 Å². The van der Waals surface area contributed by atoms with E-state index in [-0.39, 0.29) is 11.6 Å². The number of anilines is 2. The maximum atomic E-state index is 12.9. The highest BCUT2D eigenvalue weighted by Gasteiger charge is 2.38. The quantitative estimate of drug-likeness (QED) is 0.716. The van der Waals surface area contributed by atoms with Gasteiger partial charge in [-0.1, -0.05) is 0 Å². The molecular weight excluding hydrogens is 249 g/mol. The predicted octanol–water partition coefficient (Wildman–Crippen LogP) is 1.36. The highest BCUT2D eigenvalue weighted by Crippen LogP contribution is 2.38. The van der Waals surface area contributed by atoms with Crippen LogP contribution in [0.3, 0.4) is 0 Å². The van der Waals surface area contributed by atoms with Crippen LogP contribution in [0, 0.1) is 6.92 Å². The van der Waals surface area contributed by atoms with Crippen molar-refractivity contribution in [1.29, 1.82) is 0 Å². The second-order valence-electron chi connectivity index (χ2n) is 3.62. The molecule has 96 valence electrons. The molecule has 0 spiro atoms. The average molecular weight is 258 g/mol. The number of hydrogen-bond donors (Lipinski definition) is 3. The van der Waals surface area contributed by atoms with Gasteiger partial charge >= 0.3 is 6.18 Å². The Labute approximate surface area is 99.2 Å². The Bertz CT molecular complexity index is 588. The van der Waals surface area contributed by atoms with Gasteiger partial charge in [0.15, 0.2) is 0 Å². The number of alkyl halides is 3. The van der Waals surface area contributed by atoms with Crippen molar-refractivity contribution in [2.75, 3.05) is 11.5 Å². The normalized spacial score (nSPS) is 11.8. The van der Waals surface area contributed by atoms with Crippen molar-refractivity contribution in [2.24, 2.45) is 0 Å². The molecule has 2 aromatic rings. The number of nitrogen functional groups attached to an aromatic ring is 2. The van der Waals surface area contributed by atoms with Crippen LogP contribution in [0.2, 0.25) is 0 Å². The zero-order valence-corrected chi connectivity index (χ0v) is 9.21. The van der Waals surface area contributed by atoms with E-state index >= 15 is 0 Å². The van der Waals surface area contributed by atoms with Gasteiger partial charge in [-0.05, 0) is 13.0 Å². The molecule has 0 saturated carbocycles. The first-order chi connectivity index (χ1) is 8.29. The molecule has 2 heterocycles. The molecule has 18 heavy (non-hydrogen) atoms. The standard InChI is InChI=1S/C9H9F3N6/c1-3-2-4(18-17-3)6-5(9(10,11)12)7(13)16-8(14)15-6/h2H,1H3,(H,17,18)(H4,13,14,15,16). The van der Waals surface area contributed by atoms with Crippen molar-refractivity contribution in [3.63, 3.8) is 0 Å². The predicted molar refractivity (Wildman–Crippen MR) is 58.2 cm³/mol. The molecule has 0 aliphatic carbocycles. The van der Waals surface area contributed by atoms with Gasteiger partial charge in [0, 0.05) is 5.69 Å². The lowest BCUT2D eigenvalue weighted by Gasteiger charge is -2.12. The Balaban J connectivity index is 2.72. The first-order valence-electron chi connectivity index (χ1n) is 4.81. The molecule has 0 unspecified atom stereocenters. The van der Waals surface area contributed by atoms with Crippen molar-refractivity contribution >= 4 is 11.8 Å². The summed E-state index contributed by atoms with van der Waals surface area (Å²) >= 11 is 0. The minimum absolute atomic E-state index is 0.0145. The van der Waals surface area contributed by atoms with E-state index in [1.165, 1.54) is 6.07 Å². The summed E-state index contributed by atoms with van der Waals surface area (Å²) in [6, 6.07) is 1.41. The number of aryl methyl sites for hydroxylation is 1. The summed E-state index contributed by atoms with van der Waals surface area (Å²) < 4.78 is 38.7. The van der Waals surface area contributed by atoms with E-state index < -0.39 is 23.3 Å². The van der Waals surface area contributed by atoms with Gasteiger partial charge in [0.2, 0.25) is 5.95 Å². The zero-order valence-electron chi connectivity index (χ0n) is 9.21. The molecule has 6 nitrogen and oxygen atoms in total. The van der Waals surface area contributed by atoms with Crippen molar-refractivity contribution in [3.8, 4) is 11.4 Å². The lowest BCUT2D eigenvalue weighted by Crippen LogP contribution is -2.15. The van der Waals surface area contributed by atoms with Crippen molar-refractivity contribution < 1.29 is 13.2 Å². The monoisotopic (exact) mass is 258 g/mol. The first-order valence-corrected chi connectivity index (χ1v) is 4.81. The Hall–Kier alpha value is -2.32. The van der Waals surface area contributed by atoms with E-state index in [1.807, 2.05) is 0 Å². The fourth-order valence-corrected chi connectivity index (χ4v) is 1.50. The van der Waals surface area contributed by atoms with Gasteiger partial charge in [-0.25, -0.2) is 4.98 Å². The molecule has 5 N–H and O–H groups in total. The molecule has 0 bridgehead atoms. The Morgan fingerprint density at radius 1 is 1.22 bits per heavy atom. The summed E-state index contributed by atoms with van der Waals surface area (Å²) in [5, 5.41) is 6.24. The molecule has 0 aliphatic rings. The molecule has 0 aromatic carbocycles. The molecule has 0 radical (unpaired) electrons. The summed E-state index contributed by atoms with van der Waals surface area (Å²) in [6.07, 6.45) is -4.68. The van der Waals surface area contributed by atoms with Crippen LogP contribution in [0.4, 0.5) is 24.9 Å². The van der Waals surface area contributed by atoms with E-state index in [0.717, 1.165) is 0 Å². The number of aromatic nitrogens is 4. The lowest BCUT2D eigenvalue weighted by molar-refractivity contribution is -0.136. The first kappa shape index (κ1) is 12.1. The molecule has 9 heteroatoms. The number of rotatable bonds is 1. The van der Waals surface area contributed by atoms with Crippen LogP contribution in [0.15, 0.2) is 6.07 Å². The van der Waals surface area contributed by atoms with E-state index in [2.05, 4.69) is 20.2 Å². The van der Waals surface area contributed by atoms with E-state index in [0.29, 0.717) is 5.69 Å². The second kappa shape index (κ2) is 3.86. The third-order valence-electron chi connectivity index (χ3n) is 2.19. The number of halogens is 3. The Morgan fingerprint density at radius 2 is 1.89 bits per heavy atom. The molecule has 2 rings (SSSR count). The molecule has 0 aliphatic heterocycles. The highest BCUT2D eigenvalue weighted by atomic mass is 19.4. The van der Waals surface area contributed by atoms with Crippen LogP contribution in [-0.4, -0.2) is 20.2 Å². The summed E-state index contributed by atoms with van der Waals surface area (Å²) in [7, 11) is 0. The van der Waals surface area contributed by atoms with Gasteiger partial charge in [0.05, 0.1) is 0 Å². The third-order valence-corrected chi connectivity index (χ3v) is 2.19. The third kappa shape index (κ3) is 2.06. The van der Waals surface area contributed by atoms with Gasteiger partial charge in [0.25, 0.3) is 0 Å². The van der Waals surface area contributed by atoms with Crippen LogP contribution >= 0.6 is 0 Å². The van der Waals surface area contributed by atoms with Crippen molar-refractivity contribution in [2.45, 2.75) is 13.1 Å². The van der Waals surface area contributed by atoms with Crippen molar-refractivity contribution in [1.82, 2.24) is 20.2 Å². The van der Waals surface area contributed by atoms with Gasteiger partial charge < -0.3 is 11.5 Å². The fourth-order valence-electron chi connectivity index (χ4n) is 1.50. The average Bonchev–Trinajstić information content (AvgIpc) is 2.61. The summed E-state index contributed by atoms with van der Waals surface area (Å²) in [5.41, 5.74) is 9.61. The SMILES string of the molecule is Cc1cc(-c2nc(N)nc(N)c2C(F)(F)F)n[nH]1. The summed E-state index contributed by atoms with van der Waals surface area (Å²) in [5.74, 6) is -1.05. The van der Waals surface area contributed by atoms with Gasteiger partial charge in [0.1, 0.15) is 22.8 Å². The number of aromatic amines is 1. The lowest BCUT2D eigenvalue weighted by atomic mass is 10.1. The molecular formula is C9H9F3N6. The fraction of sp³-hybridized carbons (Fsp3) is 0.222. The summed E-state index contributed by atoms with van der Waals surface area (Å²) in [4.78, 5) is 6.89. The van der Waals surface area contributed by atoms with E-state index in [4.69, 9.17) is 11.5 Å². The number of hydrogen-bond acceptors (Lipinski definition) is 5. The van der Waals surface area contributed by atoms with Crippen molar-refractivity contribution in [3.05, 3.63) is 17.3 Å². The summed E-state index contributed by atoms with van der Waals surface area (Å²) in [6.45, 7) is 1.65. The molecule has 0 fully saturated rings. The van der Waals surface area contributed by atoms with E-state index in [9.17, 15) is 13.2 Å². The maximum Gasteiger partial charge on any atom is 0.422 e. The van der Waals surface area contributed by atoms with Crippen LogP contribution in [0.5, 0.6) is 0 Å². The molecule has 2 aromatic heterocycles. The van der Waals surface area contributed by atoms with Crippen LogP contribution in [0.25, 0.3) is 11.4 Å². The molecule has 0 amide bonds. The van der Waals surface area contributed by atoms with Crippen LogP contribution in [0.1, 0.15) is 11.3 Å². The molecule has 0 saturated heterocycles. The number of H-pyrrole nitrogens is 1. The van der Waals surface area contributed by atoms with Gasteiger partial charge in [-0.3, -0.25) is 5.10 Å². The van der Waals surface area contributed by atoms with Gasteiger partial charge in [-0.2, -0.15) is 23.3 Å². The minimum Gasteiger partial charge on any atom is -0.383 e. The minimum atomic E-state index is -4.68. The highest BCUT2D eigenvalue weighted by molar-refractivity contribution is 5.67. The smallest absolute Gasteiger partial charge is 0.383 e. The largest absolute Gasteiger partial charge is 0.422 e. The van der Waals surface area contributed by atoms with E-state index in [1.54, 1.807) is 6.92 Å². The van der Waals surface area contributed by atoms with Crippen LogP contribution < -0.4 is 11.5 Å². The van der Waals surface area contributed by atoms with Crippen LogP contribution in [-0.2, 0) is 6.18 Å².